The normalized spacial score (nSPS) is 12.3. The molecule has 0 saturated carbocycles. The van der Waals surface area contributed by atoms with Crippen molar-refractivity contribution in [2.45, 2.75) is 0 Å². The van der Waals surface area contributed by atoms with Crippen molar-refractivity contribution in [3.8, 4) is 113 Å². The van der Waals surface area contributed by atoms with Gasteiger partial charge in [0.25, 0.3) is 0 Å². The molecule has 0 aliphatic heterocycles. The molecule has 2 aliphatic carbocycles. The Morgan fingerprint density at radius 2 is 0.623 bits per heavy atom. The summed E-state index contributed by atoms with van der Waals surface area (Å²) in [4.78, 5) is 22.5. The Hall–Kier alpha value is -14.2. The number of fused-ring (bicyclic) bond motifs is 26. The summed E-state index contributed by atoms with van der Waals surface area (Å²) in [7, 11) is 0. The fourth-order valence-corrected chi connectivity index (χ4v) is 18.6. The summed E-state index contributed by atoms with van der Waals surface area (Å²) >= 11 is 0. The predicted octanol–water partition coefficient (Wildman–Crippen LogP) is 26.3. The Morgan fingerprint density at radius 3 is 1.25 bits per heavy atom. The van der Waals surface area contributed by atoms with Gasteiger partial charge in [-0.25, -0.2) is 19.9 Å². The Bertz CT molecular complexity index is 7680. The molecular formula is C100H56N6. The summed E-state index contributed by atoms with van der Waals surface area (Å²) in [5, 5.41) is 24.2. The van der Waals surface area contributed by atoms with Crippen LogP contribution in [0.15, 0.2) is 340 Å². The van der Waals surface area contributed by atoms with Crippen molar-refractivity contribution in [2.24, 2.45) is 0 Å². The molecule has 0 spiro atoms. The zero-order valence-corrected chi connectivity index (χ0v) is 57.0. The molecule has 0 fully saturated rings. The Morgan fingerprint density at radius 1 is 0.189 bits per heavy atom. The standard InChI is InChI=1S/C100H56N6/c1-2-19-59(20-3-1)87-56-90(104-99(101-87)66-46-49-70-72-33-15-22-62-24-17-35-76(92(62)72)84(70)54-66)105-88-36-12-10-30-79(88)95-82-51-44-64-52-63(43-47-68(64)94(82)73-26-6-8-28-77(73)97(95)105)57-38-40-60(41-39-57)85-55-86(65-45-48-69-71-32-14-21-61-23-16-34-75(91(61)71)83(69)53-65)103-100(102-85)106-89-37-13-11-31-80(89)96-81-50-42-58-18-4-5-25-67(58)93(81)74-27-7-9-29-78(74)98(96)106/h1-56H. The van der Waals surface area contributed by atoms with Crippen LogP contribution in [0.2, 0.25) is 0 Å². The second kappa shape index (κ2) is 21.7. The van der Waals surface area contributed by atoms with Crippen LogP contribution in [0.3, 0.4) is 0 Å². The summed E-state index contributed by atoms with van der Waals surface area (Å²) in [6, 6.07) is 125. The van der Waals surface area contributed by atoms with Gasteiger partial charge >= 0.3 is 0 Å². The van der Waals surface area contributed by atoms with Crippen molar-refractivity contribution >= 4 is 130 Å². The highest BCUT2D eigenvalue weighted by atomic mass is 15.2. The quantitative estimate of drug-likeness (QED) is 0.149. The van der Waals surface area contributed by atoms with Gasteiger partial charge in [0.05, 0.1) is 39.1 Å². The lowest BCUT2D eigenvalue weighted by Gasteiger charge is -2.16. The number of nitrogens with zero attached hydrogens (tertiary/aromatic N) is 6. The van der Waals surface area contributed by atoms with Gasteiger partial charge in [-0.1, -0.05) is 297 Å². The van der Waals surface area contributed by atoms with Crippen LogP contribution in [0.4, 0.5) is 0 Å². The third-order valence-corrected chi connectivity index (χ3v) is 23.1. The second-order valence-corrected chi connectivity index (χ2v) is 28.6. The smallest absolute Gasteiger partial charge is 0.235 e. The van der Waals surface area contributed by atoms with Crippen molar-refractivity contribution in [3.05, 3.63) is 340 Å². The summed E-state index contributed by atoms with van der Waals surface area (Å²) in [5.74, 6) is 2.10. The molecule has 0 saturated heterocycles. The molecular weight excluding hydrogens is 1290 g/mol. The number of hydrogen-bond donors (Lipinski definition) is 0. The first-order valence-corrected chi connectivity index (χ1v) is 36.4. The molecule has 24 rings (SSSR count). The molecule has 4 aromatic heterocycles. The minimum Gasteiger partial charge on any atom is -0.293 e. The molecule has 0 N–H and O–H groups in total. The van der Waals surface area contributed by atoms with Gasteiger partial charge in [-0.15, -0.1) is 0 Å². The van der Waals surface area contributed by atoms with E-state index in [9.17, 15) is 0 Å². The lowest BCUT2D eigenvalue weighted by molar-refractivity contribution is 0.998. The van der Waals surface area contributed by atoms with Crippen LogP contribution in [0.5, 0.6) is 0 Å². The van der Waals surface area contributed by atoms with Crippen molar-refractivity contribution in [1.29, 1.82) is 0 Å². The molecule has 0 radical (unpaired) electrons. The number of para-hydroxylation sites is 2. The van der Waals surface area contributed by atoms with Gasteiger partial charge in [0, 0.05) is 60.6 Å². The second-order valence-electron chi connectivity index (χ2n) is 28.6. The molecule has 22 aromatic rings. The third-order valence-electron chi connectivity index (χ3n) is 23.1. The van der Waals surface area contributed by atoms with Gasteiger partial charge in [-0.2, -0.15) is 0 Å². The monoisotopic (exact) mass is 1340 g/mol. The first-order chi connectivity index (χ1) is 52.6. The maximum Gasteiger partial charge on any atom is 0.235 e. The highest BCUT2D eigenvalue weighted by Gasteiger charge is 2.29. The van der Waals surface area contributed by atoms with Crippen LogP contribution in [-0.2, 0) is 0 Å². The Kier molecular flexibility index (Phi) is 11.7. The van der Waals surface area contributed by atoms with E-state index in [1.807, 2.05) is 0 Å². The van der Waals surface area contributed by atoms with E-state index in [1.54, 1.807) is 0 Å². The van der Waals surface area contributed by atoms with Crippen LogP contribution in [-0.4, -0.2) is 29.1 Å². The molecule has 2 aliphatic rings. The molecule has 0 bridgehead atoms. The molecule has 4 heterocycles. The number of rotatable bonds is 7. The van der Waals surface area contributed by atoms with Gasteiger partial charge in [-0.05, 0) is 167 Å². The van der Waals surface area contributed by atoms with Crippen LogP contribution in [0.25, 0.3) is 242 Å². The highest BCUT2D eigenvalue weighted by molar-refractivity contribution is 6.38. The maximum atomic E-state index is 5.70. The number of aromatic nitrogens is 6. The minimum atomic E-state index is 0.617. The number of benzene rings is 18. The average Bonchev–Trinajstić information content (AvgIpc) is 1.50. The van der Waals surface area contributed by atoms with Gasteiger partial charge in [-0.3, -0.25) is 9.13 Å². The fraction of sp³-hybridized carbons (Fsp3) is 0. The van der Waals surface area contributed by atoms with E-state index in [2.05, 4.69) is 349 Å². The van der Waals surface area contributed by atoms with Crippen molar-refractivity contribution < 1.29 is 0 Å². The van der Waals surface area contributed by atoms with E-state index in [0.717, 1.165) is 94.5 Å². The van der Waals surface area contributed by atoms with Crippen LogP contribution < -0.4 is 0 Å². The molecule has 0 amide bonds. The van der Waals surface area contributed by atoms with E-state index >= 15 is 0 Å². The number of hydrogen-bond acceptors (Lipinski definition) is 4. The van der Waals surface area contributed by atoms with Gasteiger partial charge in [0.15, 0.2) is 5.82 Å². The SMILES string of the molecule is c1ccc(-c2cc(-n3c4ccccc4c4c5ccc6cc(-c7ccc(-c8cc(-c9ccc%10c(c9)-c9cccc%11cccc-%10c9%11)nc(-n9c%10ccccc%10c%10c%11ccc%12ccccc%12c%11c%11ccccc%11c%109)n8)cc7)ccc6c5c5ccccc5c43)nc(-c3ccc4c(c3)-c3cccc5cccc-4c35)n2)cc1. The highest BCUT2D eigenvalue weighted by Crippen LogP contribution is 2.52. The van der Waals surface area contributed by atoms with Crippen molar-refractivity contribution in [1.82, 2.24) is 29.1 Å². The molecule has 106 heavy (non-hydrogen) atoms. The van der Waals surface area contributed by atoms with E-state index in [4.69, 9.17) is 19.9 Å². The van der Waals surface area contributed by atoms with Crippen LogP contribution >= 0.6 is 0 Å². The molecule has 6 nitrogen and oxygen atoms in total. The van der Waals surface area contributed by atoms with Gasteiger partial charge in [0.1, 0.15) is 5.82 Å². The summed E-state index contributed by atoms with van der Waals surface area (Å²) in [5.41, 5.74) is 23.1. The van der Waals surface area contributed by atoms with E-state index in [-0.39, 0.29) is 0 Å². The minimum absolute atomic E-state index is 0.617. The van der Waals surface area contributed by atoms with Crippen molar-refractivity contribution in [2.75, 3.05) is 0 Å². The molecule has 0 atom stereocenters. The lowest BCUT2D eigenvalue weighted by atomic mass is 9.91. The predicted molar refractivity (Wildman–Crippen MR) is 442 cm³/mol. The topological polar surface area (TPSA) is 61.4 Å². The summed E-state index contributed by atoms with van der Waals surface area (Å²) < 4.78 is 4.73. The summed E-state index contributed by atoms with van der Waals surface area (Å²) in [6.45, 7) is 0. The van der Waals surface area contributed by atoms with E-state index in [1.165, 1.54) is 136 Å². The van der Waals surface area contributed by atoms with Crippen molar-refractivity contribution in [3.63, 3.8) is 0 Å². The third kappa shape index (κ3) is 8.09. The van der Waals surface area contributed by atoms with Gasteiger partial charge < -0.3 is 0 Å². The Labute approximate surface area is 607 Å². The van der Waals surface area contributed by atoms with Gasteiger partial charge in [0.2, 0.25) is 5.95 Å². The first kappa shape index (κ1) is 57.4. The molecule has 0 unspecified atom stereocenters. The van der Waals surface area contributed by atoms with E-state index < -0.39 is 0 Å². The van der Waals surface area contributed by atoms with Crippen LogP contribution in [0, 0.1) is 0 Å². The Balaban J connectivity index is 0.656. The molecule has 486 valence electrons. The largest absolute Gasteiger partial charge is 0.293 e. The summed E-state index contributed by atoms with van der Waals surface area (Å²) in [6.07, 6.45) is 0. The van der Waals surface area contributed by atoms with Crippen LogP contribution in [0.1, 0.15) is 0 Å². The van der Waals surface area contributed by atoms with E-state index in [0.29, 0.717) is 11.8 Å². The first-order valence-electron chi connectivity index (χ1n) is 36.4. The zero-order valence-electron chi connectivity index (χ0n) is 57.0. The lowest BCUT2D eigenvalue weighted by Crippen LogP contribution is -2.04. The maximum absolute atomic E-state index is 5.70. The zero-order chi connectivity index (χ0) is 69.0. The molecule has 6 heteroatoms. The average molecular weight is 1340 g/mol. The fourth-order valence-electron chi connectivity index (χ4n) is 18.6. The molecule has 18 aromatic carbocycles.